The van der Waals surface area contributed by atoms with Crippen LogP contribution in [0.2, 0.25) is 0 Å². The maximum atomic E-state index is 4.25. The molecule has 1 aromatic heterocycles. The fourth-order valence-electron chi connectivity index (χ4n) is 2.48. The Bertz CT molecular complexity index is 707. The van der Waals surface area contributed by atoms with Crippen LogP contribution in [0.15, 0.2) is 29.3 Å². The third-order valence-corrected chi connectivity index (χ3v) is 4.35. The molecule has 0 spiro atoms. The summed E-state index contributed by atoms with van der Waals surface area (Å²) in [5, 5.41) is 14.8. The number of aliphatic imine (C=N–C) groups is 1. The molecular formula is C19H30N6. The summed E-state index contributed by atoms with van der Waals surface area (Å²) in [5.41, 5.74) is 2.88. The minimum absolute atomic E-state index is 0.195. The fraction of sp³-hybridized carbons (Fsp3) is 0.526. The van der Waals surface area contributed by atoms with E-state index in [1.165, 1.54) is 11.1 Å². The summed E-state index contributed by atoms with van der Waals surface area (Å²) in [4.78, 5) is 4.25. The van der Waals surface area contributed by atoms with Crippen molar-refractivity contribution in [3.63, 3.8) is 0 Å². The van der Waals surface area contributed by atoms with E-state index in [0.29, 0.717) is 6.54 Å². The number of hydrogen-bond donors (Lipinski definition) is 2. The molecule has 0 fully saturated rings. The van der Waals surface area contributed by atoms with Gasteiger partial charge in [-0.3, -0.25) is 4.99 Å². The van der Waals surface area contributed by atoms with E-state index in [-0.39, 0.29) is 5.41 Å². The number of hydrogen-bond acceptors (Lipinski definition) is 3. The zero-order chi connectivity index (χ0) is 18.4. The van der Waals surface area contributed by atoms with Gasteiger partial charge in [0.25, 0.3) is 0 Å². The molecule has 136 valence electrons. The molecule has 2 aromatic rings. The number of benzene rings is 1. The molecule has 25 heavy (non-hydrogen) atoms. The standard InChI is InChI=1S/C19H30N6/c1-14-23-24-17(25(14)6)13-22-18(20-5)21-12-11-15-7-9-16(10-8-15)19(2,3)4/h7-10H,11-13H2,1-6H3,(H2,20,21,22). The minimum atomic E-state index is 0.195. The van der Waals surface area contributed by atoms with Gasteiger partial charge >= 0.3 is 0 Å². The van der Waals surface area contributed by atoms with Crippen LogP contribution in [0.4, 0.5) is 0 Å². The highest BCUT2D eigenvalue weighted by Gasteiger charge is 2.12. The Morgan fingerprint density at radius 2 is 1.80 bits per heavy atom. The topological polar surface area (TPSA) is 67.1 Å². The van der Waals surface area contributed by atoms with E-state index in [2.05, 4.69) is 70.9 Å². The monoisotopic (exact) mass is 342 g/mol. The predicted octanol–water partition coefficient (Wildman–Crippen LogP) is 2.33. The average Bonchev–Trinajstić information content (AvgIpc) is 2.89. The van der Waals surface area contributed by atoms with E-state index < -0.39 is 0 Å². The lowest BCUT2D eigenvalue weighted by molar-refractivity contribution is 0.590. The quantitative estimate of drug-likeness (QED) is 0.646. The van der Waals surface area contributed by atoms with E-state index in [1.807, 2.05) is 18.5 Å². The molecule has 0 radical (unpaired) electrons. The van der Waals surface area contributed by atoms with Crippen molar-refractivity contribution in [3.05, 3.63) is 47.0 Å². The van der Waals surface area contributed by atoms with Gasteiger partial charge in [-0.05, 0) is 29.9 Å². The Kier molecular flexibility index (Phi) is 6.17. The maximum Gasteiger partial charge on any atom is 0.191 e. The van der Waals surface area contributed by atoms with E-state index in [4.69, 9.17) is 0 Å². The second-order valence-electron chi connectivity index (χ2n) is 7.27. The van der Waals surface area contributed by atoms with Crippen molar-refractivity contribution in [1.29, 1.82) is 0 Å². The van der Waals surface area contributed by atoms with E-state index in [0.717, 1.165) is 30.6 Å². The molecule has 1 heterocycles. The second kappa shape index (κ2) is 8.14. The van der Waals surface area contributed by atoms with Crippen LogP contribution >= 0.6 is 0 Å². The first-order valence-electron chi connectivity index (χ1n) is 8.70. The molecule has 1 aromatic carbocycles. The van der Waals surface area contributed by atoms with Gasteiger partial charge < -0.3 is 15.2 Å². The number of rotatable bonds is 5. The molecule has 0 aliphatic heterocycles. The van der Waals surface area contributed by atoms with Crippen LogP contribution in [0, 0.1) is 6.92 Å². The minimum Gasteiger partial charge on any atom is -0.356 e. The van der Waals surface area contributed by atoms with Gasteiger partial charge in [-0.25, -0.2) is 0 Å². The highest BCUT2D eigenvalue weighted by Crippen LogP contribution is 2.22. The highest BCUT2D eigenvalue weighted by molar-refractivity contribution is 5.79. The van der Waals surface area contributed by atoms with Gasteiger partial charge in [-0.2, -0.15) is 0 Å². The van der Waals surface area contributed by atoms with Gasteiger partial charge in [0, 0.05) is 20.6 Å². The molecule has 0 aliphatic rings. The van der Waals surface area contributed by atoms with Crippen LogP contribution in [-0.2, 0) is 25.4 Å². The molecule has 0 unspecified atom stereocenters. The Balaban J connectivity index is 1.80. The molecule has 0 aliphatic carbocycles. The van der Waals surface area contributed by atoms with Crippen LogP contribution in [-0.4, -0.2) is 34.3 Å². The molecule has 6 nitrogen and oxygen atoms in total. The van der Waals surface area contributed by atoms with E-state index in [9.17, 15) is 0 Å². The van der Waals surface area contributed by atoms with Crippen molar-refractivity contribution >= 4 is 5.96 Å². The fourth-order valence-corrected chi connectivity index (χ4v) is 2.48. The third kappa shape index (κ3) is 5.31. The smallest absolute Gasteiger partial charge is 0.191 e. The number of guanidine groups is 1. The molecule has 6 heteroatoms. The zero-order valence-corrected chi connectivity index (χ0v) is 16.2. The van der Waals surface area contributed by atoms with Crippen molar-refractivity contribution < 1.29 is 0 Å². The van der Waals surface area contributed by atoms with Crippen LogP contribution in [0.3, 0.4) is 0 Å². The van der Waals surface area contributed by atoms with Crippen molar-refractivity contribution in [2.24, 2.45) is 12.0 Å². The molecular weight excluding hydrogens is 312 g/mol. The summed E-state index contributed by atoms with van der Waals surface area (Å²) in [7, 11) is 3.74. The molecule has 0 saturated carbocycles. The van der Waals surface area contributed by atoms with Crippen molar-refractivity contribution in [2.45, 2.75) is 46.1 Å². The molecule has 2 N–H and O–H groups in total. The Morgan fingerprint density at radius 1 is 1.12 bits per heavy atom. The molecule has 0 amide bonds. The SMILES string of the molecule is CN=C(NCCc1ccc(C(C)(C)C)cc1)NCc1nnc(C)n1C. The summed E-state index contributed by atoms with van der Waals surface area (Å²) in [6.07, 6.45) is 0.953. The summed E-state index contributed by atoms with van der Waals surface area (Å²) in [5.74, 6) is 2.56. The summed E-state index contributed by atoms with van der Waals surface area (Å²) < 4.78 is 1.97. The van der Waals surface area contributed by atoms with Gasteiger partial charge in [0.2, 0.25) is 0 Å². The largest absolute Gasteiger partial charge is 0.356 e. The lowest BCUT2D eigenvalue weighted by Crippen LogP contribution is -2.38. The number of nitrogens with one attached hydrogen (secondary N) is 2. The van der Waals surface area contributed by atoms with E-state index in [1.54, 1.807) is 7.05 Å². The molecule has 0 bridgehead atoms. The first kappa shape index (κ1) is 19.0. The third-order valence-electron chi connectivity index (χ3n) is 4.35. The van der Waals surface area contributed by atoms with Gasteiger partial charge in [-0.1, -0.05) is 45.0 Å². The summed E-state index contributed by atoms with van der Waals surface area (Å²) >= 11 is 0. The number of aryl methyl sites for hydroxylation is 1. The van der Waals surface area contributed by atoms with Crippen molar-refractivity contribution in [2.75, 3.05) is 13.6 Å². The van der Waals surface area contributed by atoms with E-state index >= 15 is 0 Å². The Labute approximate surface area is 150 Å². The predicted molar refractivity (Wildman–Crippen MR) is 103 cm³/mol. The molecule has 0 atom stereocenters. The summed E-state index contributed by atoms with van der Waals surface area (Å²) in [6.45, 7) is 10.1. The molecule has 2 rings (SSSR count). The first-order chi connectivity index (χ1) is 11.8. The number of nitrogens with zero attached hydrogens (tertiary/aromatic N) is 4. The van der Waals surface area contributed by atoms with Gasteiger partial charge in [-0.15, -0.1) is 10.2 Å². The highest BCUT2D eigenvalue weighted by atomic mass is 15.3. The van der Waals surface area contributed by atoms with Crippen LogP contribution in [0.25, 0.3) is 0 Å². The van der Waals surface area contributed by atoms with Crippen LogP contribution in [0.5, 0.6) is 0 Å². The average molecular weight is 342 g/mol. The summed E-state index contributed by atoms with van der Waals surface area (Å²) in [6, 6.07) is 8.86. The maximum absolute atomic E-state index is 4.25. The van der Waals surface area contributed by atoms with Gasteiger partial charge in [0.15, 0.2) is 11.8 Å². The first-order valence-corrected chi connectivity index (χ1v) is 8.70. The zero-order valence-electron chi connectivity index (χ0n) is 16.2. The molecule has 0 saturated heterocycles. The van der Waals surface area contributed by atoms with Gasteiger partial charge in [0.05, 0.1) is 6.54 Å². The number of aromatic nitrogens is 3. The Hall–Kier alpha value is -2.37. The normalized spacial score (nSPS) is 12.3. The van der Waals surface area contributed by atoms with Crippen molar-refractivity contribution in [3.8, 4) is 0 Å². The lowest BCUT2D eigenvalue weighted by Gasteiger charge is -2.19. The lowest BCUT2D eigenvalue weighted by atomic mass is 9.86. The Morgan fingerprint density at radius 3 is 2.32 bits per heavy atom. The second-order valence-corrected chi connectivity index (χ2v) is 7.27. The van der Waals surface area contributed by atoms with Crippen molar-refractivity contribution in [1.82, 2.24) is 25.4 Å². The van der Waals surface area contributed by atoms with Gasteiger partial charge in [0.1, 0.15) is 5.82 Å². The van der Waals surface area contributed by atoms with Crippen LogP contribution in [0.1, 0.15) is 43.5 Å². The van der Waals surface area contributed by atoms with Crippen LogP contribution < -0.4 is 10.6 Å².